The lowest BCUT2D eigenvalue weighted by Gasteiger charge is -2.42. The van der Waals surface area contributed by atoms with E-state index >= 15 is 0 Å². The summed E-state index contributed by atoms with van der Waals surface area (Å²) in [5, 5.41) is 43.8. The molecule has 2 bridgehead atoms. The minimum Gasteiger partial charge on any atom is -0.460 e. The Morgan fingerprint density at radius 1 is 0.866 bits per heavy atom. The van der Waals surface area contributed by atoms with Crippen LogP contribution >= 0.6 is 0 Å². The summed E-state index contributed by atoms with van der Waals surface area (Å²) in [7, 11) is 2.99. The molecule has 1 aliphatic carbocycles. The molecule has 3 aliphatic heterocycles. The van der Waals surface area contributed by atoms with Gasteiger partial charge in [-0.2, -0.15) is 0 Å². The van der Waals surface area contributed by atoms with Crippen LogP contribution in [0.3, 0.4) is 0 Å². The number of piperidine rings is 1. The zero-order chi connectivity index (χ0) is 49.6. The number of carbonyl (C=O) groups is 5. The van der Waals surface area contributed by atoms with Gasteiger partial charge in [-0.25, -0.2) is 4.79 Å². The summed E-state index contributed by atoms with van der Waals surface area (Å²) in [5.74, 6) is -8.25. The highest BCUT2D eigenvalue weighted by Crippen LogP contribution is 2.38. The number of methoxy groups -OCH3 is 2. The Labute approximate surface area is 398 Å². The van der Waals surface area contributed by atoms with Crippen LogP contribution < -0.4 is 0 Å². The van der Waals surface area contributed by atoms with E-state index in [1.807, 2.05) is 32.1 Å². The maximum Gasteiger partial charge on any atom is 0.329 e. The molecule has 4 rings (SSSR count). The van der Waals surface area contributed by atoms with Crippen LogP contribution in [-0.2, 0) is 47.7 Å². The van der Waals surface area contributed by atoms with Crippen molar-refractivity contribution in [2.75, 3.05) is 34.0 Å². The van der Waals surface area contributed by atoms with Crippen molar-refractivity contribution < 1.29 is 68.1 Å². The van der Waals surface area contributed by atoms with E-state index in [0.29, 0.717) is 62.5 Å². The van der Waals surface area contributed by atoms with E-state index in [0.717, 1.165) is 11.3 Å². The first kappa shape index (κ1) is 56.2. The van der Waals surface area contributed by atoms with Gasteiger partial charge in [-0.05, 0) is 107 Å². The first-order valence-corrected chi connectivity index (χ1v) is 24.6. The summed E-state index contributed by atoms with van der Waals surface area (Å²) in [4.78, 5) is 71.8. The number of aliphatic hydroxyl groups is 4. The predicted molar refractivity (Wildman–Crippen MR) is 251 cm³/mol. The van der Waals surface area contributed by atoms with E-state index in [1.54, 1.807) is 60.0 Å². The van der Waals surface area contributed by atoms with Gasteiger partial charge in [0.1, 0.15) is 30.1 Å². The Morgan fingerprint density at radius 2 is 1.60 bits per heavy atom. The molecule has 15 heteroatoms. The fourth-order valence-electron chi connectivity index (χ4n) is 10.2. The monoisotopic (exact) mass is 944 g/mol. The SMILES string of the molecule is CO[C@@H]1C[C@H](C[C@@H](C)[C@@H]2CC(=O)[C@H](C)/C=C(/C)[C@@H](O)[C@@H](OC)C(=O)[C@H](C)C[C@H](C)/C=C\C=CC=C(C)[C@@H](O)C[C@@H]3CC[C@@H](C)[C@@](O)(O3)C(=O)C(=O)N3CCCC[C@H]3C(=O)O2)CC[C@H]1OCCO. The molecule has 1 amide bonds. The van der Waals surface area contributed by atoms with Crippen molar-refractivity contribution in [2.45, 2.75) is 180 Å². The van der Waals surface area contributed by atoms with Gasteiger partial charge < -0.3 is 49.0 Å². The number of carbonyl (C=O) groups excluding carboxylic acids is 5. The van der Waals surface area contributed by atoms with Gasteiger partial charge in [0, 0.05) is 51.4 Å². The minimum atomic E-state index is -2.49. The van der Waals surface area contributed by atoms with E-state index in [9.17, 15) is 44.4 Å². The van der Waals surface area contributed by atoms with E-state index in [2.05, 4.69) is 0 Å². The predicted octanol–water partition coefficient (Wildman–Crippen LogP) is 5.54. The van der Waals surface area contributed by atoms with E-state index in [1.165, 1.54) is 7.11 Å². The van der Waals surface area contributed by atoms with Gasteiger partial charge in [-0.3, -0.25) is 19.2 Å². The second-order valence-corrected chi connectivity index (χ2v) is 19.9. The number of fused-ring (bicyclic) bond motifs is 3. The summed E-state index contributed by atoms with van der Waals surface area (Å²) >= 11 is 0. The van der Waals surface area contributed by atoms with Crippen molar-refractivity contribution in [3.05, 3.63) is 47.6 Å². The number of ether oxygens (including phenoxy) is 5. The third kappa shape index (κ3) is 15.3. The highest BCUT2D eigenvalue weighted by atomic mass is 16.6. The number of nitrogens with zero attached hydrogens (tertiary/aromatic N) is 1. The first-order valence-electron chi connectivity index (χ1n) is 24.6. The van der Waals surface area contributed by atoms with Gasteiger partial charge in [0.25, 0.3) is 11.7 Å². The van der Waals surface area contributed by atoms with Crippen LogP contribution in [0, 0.1) is 35.5 Å². The van der Waals surface area contributed by atoms with Crippen molar-refractivity contribution in [1.82, 2.24) is 4.90 Å². The summed E-state index contributed by atoms with van der Waals surface area (Å²) in [5.41, 5.74) is 0.998. The molecule has 0 aromatic heterocycles. The number of ketones is 3. The molecular weight excluding hydrogens is 863 g/mol. The van der Waals surface area contributed by atoms with Gasteiger partial charge in [0.15, 0.2) is 5.78 Å². The summed E-state index contributed by atoms with van der Waals surface area (Å²) in [6, 6.07) is -1.16. The van der Waals surface area contributed by atoms with E-state index < -0.39 is 77.8 Å². The maximum atomic E-state index is 14.4. The normalized spacial score (nSPS) is 38.3. The lowest BCUT2D eigenvalue weighted by atomic mass is 9.78. The third-order valence-electron chi connectivity index (χ3n) is 14.6. The molecule has 0 aromatic rings. The van der Waals surface area contributed by atoms with Crippen molar-refractivity contribution in [3.8, 4) is 0 Å². The number of rotatable bonds is 8. The second-order valence-electron chi connectivity index (χ2n) is 19.9. The van der Waals surface area contributed by atoms with Crippen LogP contribution in [0.1, 0.15) is 126 Å². The van der Waals surface area contributed by atoms with Gasteiger partial charge in [0.2, 0.25) is 5.79 Å². The molecular formula is C52H81NO14. The van der Waals surface area contributed by atoms with Crippen molar-refractivity contribution >= 4 is 29.2 Å². The van der Waals surface area contributed by atoms with Crippen LogP contribution in [0.15, 0.2) is 47.6 Å². The molecule has 4 aliphatic rings. The zero-order valence-corrected chi connectivity index (χ0v) is 41.5. The van der Waals surface area contributed by atoms with Gasteiger partial charge >= 0.3 is 5.97 Å². The molecule has 3 heterocycles. The highest BCUT2D eigenvalue weighted by molar-refractivity contribution is 6.39. The van der Waals surface area contributed by atoms with Gasteiger partial charge in [-0.15, -0.1) is 0 Å². The van der Waals surface area contributed by atoms with E-state index in [4.69, 9.17) is 23.7 Å². The fourth-order valence-corrected chi connectivity index (χ4v) is 10.2. The molecule has 15 atom stereocenters. The number of hydrogen-bond acceptors (Lipinski definition) is 14. The second kappa shape index (κ2) is 26.5. The molecule has 15 nitrogen and oxygen atoms in total. The number of hydrogen-bond donors (Lipinski definition) is 4. The maximum absolute atomic E-state index is 14.4. The largest absolute Gasteiger partial charge is 0.460 e. The standard InChI is InChI=1S/C52H81NO14/c1-31-15-11-10-12-16-32(2)41(55)29-39-20-18-37(7)52(62,67-39)49(59)50(60)53-22-14-13-17-40(53)51(61)66-44(34(4)27-38-19-21-43(65-24-23-54)45(28-38)63-8)30-42(56)33(3)26-36(6)47(58)48(64-9)46(57)35(5)25-31/h10-12,15-16,26,31,33-35,37-41,43-45,47-48,54-55,58,62H,13-14,17-25,27-30H2,1-9H3/b12-10?,15-11-,32-16?,36-26-/t31-,33-,34-,35-,37-,38+,39+,40+,41+,43-,44+,45-,47-,48+,52-/m1/s1. The third-order valence-corrected chi connectivity index (χ3v) is 14.6. The number of cyclic esters (lactones) is 1. The van der Waals surface area contributed by atoms with Crippen molar-refractivity contribution in [2.24, 2.45) is 35.5 Å². The summed E-state index contributed by atoms with van der Waals surface area (Å²) in [6.07, 6.45) is 10.3. The Balaban J connectivity index is 1.68. The van der Waals surface area contributed by atoms with Crippen molar-refractivity contribution in [3.63, 3.8) is 0 Å². The Bertz CT molecular complexity index is 1790. The number of esters is 1. The Kier molecular flexibility index (Phi) is 22.3. The molecule has 3 fully saturated rings. The van der Waals surface area contributed by atoms with Crippen LogP contribution in [0.4, 0.5) is 0 Å². The van der Waals surface area contributed by atoms with Gasteiger partial charge in [-0.1, -0.05) is 71.1 Å². The Hall–Kier alpha value is -3.41. The van der Waals surface area contributed by atoms with Crippen LogP contribution in [0.5, 0.6) is 0 Å². The van der Waals surface area contributed by atoms with Crippen LogP contribution in [0.2, 0.25) is 0 Å². The molecule has 0 radical (unpaired) electrons. The molecule has 378 valence electrons. The quantitative estimate of drug-likeness (QED) is 0.134. The van der Waals surface area contributed by atoms with Crippen LogP contribution in [0.25, 0.3) is 0 Å². The Morgan fingerprint density at radius 3 is 2.28 bits per heavy atom. The lowest BCUT2D eigenvalue weighted by Crippen LogP contribution is -2.61. The number of allylic oxidation sites excluding steroid dienone is 6. The van der Waals surface area contributed by atoms with Crippen LogP contribution in [-0.4, -0.2) is 143 Å². The smallest absolute Gasteiger partial charge is 0.329 e. The molecule has 67 heavy (non-hydrogen) atoms. The molecule has 1 saturated carbocycles. The van der Waals surface area contributed by atoms with E-state index in [-0.39, 0.29) is 80.5 Å². The molecule has 2 saturated heterocycles. The zero-order valence-electron chi connectivity index (χ0n) is 41.5. The topological polar surface area (TPSA) is 216 Å². The molecule has 0 aromatic carbocycles. The lowest BCUT2D eigenvalue weighted by molar-refractivity contribution is -0.265. The number of Topliss-reactive ketones (excluding diaryl/α,β-unsaturated/α-hetero) is 3. The number of amides is 1. The molecule has 0 unspecified atom stereocenters. The average Bonchev–Trinajstić information content (AvgIpc) is 3.30. The summed E-state index contributed by atoms with van der Waals surface area (Å²) in [6.45, 7) is 12.6. The number of aliphatic hydroxyl groups excluding tert-OH is 3. The fraction of sp³-hybridized carbons (Fsp3) is 0.750. The van der Waals surface area contributed by atoms with Gasteiger partial charge in [0.05, 0.1) is 37.6 Å². The summed E-state index contributed by atoms with van der Waals surface area (Å²) < 4.78 is 29.5. The molecule has 4 N–H and O–H groups in total. The highest BCUT2D eigenvalue weighted by Gasteiger charge is 2.53. The van der Waals surface area contributed by atoms with Crippen molar-refractivity contribution in [1.29, 1.82) is 0 Å². The minimum absolute atomic E-state index is 0.00840. The average molecular weight is 944 g/mol. The first-order chi connectivity index (χ1) is 31.7. The molecule has 0 spiro atoms.